The van der Waals surface area contributed by atoms with Crippen molar-refractivity contribution < 1.29 is 9.47 Å². The third kappa shape index (κ3) is 4.51. The van der Waals surface area contributed by atoms with E-state index in [4.69, 9.17) is 9.47 Å². The number of hydrogen-bond donors (Lipinski definition) is 1. The molecule has 1 aliphatic rings. The highest BCUT2D eigenvalue weighted by atomic mass is 16.5. The second kappa shape index (κ2) is 7.51. The lowest BCUT2D eigenvalue weighted by molar-refractivity contribution is 0.0676. The number of ether oxygens (including phenoxy) is 2. The fraction of sp³-hybridized carbons (Fsp3) is 0.625. The molecule has 1 saturated heterocycles. The van der Waals surface area contributed by atoms with Crippen molar-refractivity contribution in [2.24, 2.45) is 0 Å². The topological polar surface area (TPSA) is 30.5 Å². The Morgan fingerprint density at radius 1 is 1.42 bits per heavy atom. The monoisotopic (exact) mass is 263 g/mol. The molecule has 1 fully saturated rings. The molecular weight excluding hydrogens is 238 g/mol. The minimum atomic E-state index is 0.276. The molecule has 1 aromatic rings. The Hall–Kier alpha value is -1.06. The Kier molecular flexibility index (Phi) is 5.67. The molecule has 1 heterocycles. The van der Waals surface area contributed by atoms with Crippen LogP contribution >= 0.6 is 0 Å². The summed E-state index contributed by atoms with van der Waals surface area (Å²) in [7, 11) is 0. The zero-order valence-corrected chi connectivity index (χ0v) is 12.1. The van der Waals surface area contributed by atoms with Gasteiger partial charge in [0.1, 0.15) is 12.4 Å². The van der Waals surface area contributed by atoms with E-state index < -0.39 is 0 Å². The molecule has 2 rings (SSSR count). The third-order valence-electron chi connectivity index (χ3n) is 3.41. The molecule has 0 radical (unpaired) electrons. The average Bonchev–Trinajstić information content (AvgIpc) is 2.91. The predicted molar refractivity (Wildman–Crippen MR) is 77.6 cm³/mol. The zero-order chi connectivity index (χ0) is 13.5. The van der Waals surface area contributed by atoms with E-state index in [1.807, 2.05) is 0 Å². The van der Waals surface area contributed by atoms with E-state index in [9.17, 15) is 0 Å². The van der Waals surface area contributed by atoms with E-state index in [1.165, 1.54) is 11.1 Å². The molecule has 0 spiro atoms. The molecule has 19 heavy (non-hydrogen) atoms. The van der Waals surface area contributed by atoms with Crippen molar-refractivity contribution >= 4 is 0 Å². The van der Waals surface area contributed by atoms with Crippen LogP contribution in [0.2, 0.25) is 0 Å². The molecule has 0 aromatic heterocycles. The summed E-state index contributed by atoms with van der Waals surface area (Å²) < 4.78 is 11.5. The SMILES string of the molecule is CCCNCc1cc(C)ccc1OCC1CCCO1. The minimum absolute atomic E-state index is 0.276. The summed E-state index contributed by atoms with van der Waals surface area (Å²) in [4.78, 5) is 0. The first kappa shape index (κ1) is 14.4. The lowest BCUT2D eigenvalue weighted by Crippen LogP contribution is -2.19. The summed E-state index contributed by atoms with van der Waals surface area (Å²) in [6, 6.07) is 6.38. The van der Waals surface area contributed by atoms with Crippen LogP contribution in [0.25, 0.3) is 0 Å². The first-order chi connectivity index (χ1) is 9.29. The molecule has 1 unspecified atom stereocenters. The second-order valence-corrected chi connectivity index (χ2v) is 5.23. The van der Waals surface area contributed by atoms with Crippen molar-refractivity contribution in [1.29, 1.82) is 0 Å². The van der Waals surface area contributed by atoms with Gasteiger partial charge >= 0.3 is 0 Å². The van der Waals surface area contributed by atoms with Crippen LogP contribution < -0.4 is 10.1 Å². The van der Waals surface area contributed by atoms with Crippen molar-refractivity contribution in [2.75, 3.05) is 19.8 Å². The molecule has 1 N–H and O–H groups in total. The van der Waals surface area contributed by atoms with E-state index in [1.54, 1.807) is 0 Å². The number of aryl methyl sites for hydroxylation is 1. The van der Waals surface area contributed by atoms with Crippen LogP contribution in [0, 0.1) is 6.92 Å². The molecular formula is C16H25NO2. The minimum Gasteiger partial charge on any atom is -0.491 e. The van der Waals surface area contributed by atoms with Crippen molar-refractivity contribution in [2.45, 2.75) is 45.8 Å². The van der Waals surface area contributed by atoms with Gasteiger partial charge in [-0.1, -0.05) is 24.6 Å². The largest absolute Gasteiger partial charge is 0.491 e. The summed E-state index contributed by atoms with van der Waals surface area (Å²) in [6.07, 6.45) is 3.71. The molecule has 3 heteroatoms. The third-order valence-corrected chi connectivity index (χ3v) is 3.41. The molecule has 1 aliphatic heterocycles. The van der Waals surface area contributed by atoms with Crippen LogP contribution in [0.15, 0.2) is 18.2 Å². The van der Waals surface area contributed by atoms with Gasteiger partial charge in [0.2, 0.25) is 0 Å². The molecule has 106 valence electrons. The van der Waals surface area contributed by atoms with Gasteiger partial charge in [0.05, 0.1) is 6.10 Å². The van der Waals surface area contributed by atoms with Gasteiger partial charge in [0, 0.05) is 18.7 Å². The van der Waals surface area contributed by atoms with Gasteiger partial charge in [-0.15, -0.1) is 0 Å². The fourth-order valence-electron chi connectivity index (χ4n) is 2.35. The van der Waals surface area contributed by atoms with Gasteiger partial charge < -0.3 is 14.8 Å². The van der Waals surface area contributed by atoms with Crippen LogP contribution in [0.3, 0.4) is 0 Å². The smallest absolute Gasteiger partial charge is 0.123 e. The fourth-order valence-corrected chi connectivity index (χ4v) is 2.35. The maximum Gasteiger partial charge on any atom is 0.123 e. The van der Waals surface area contributed by atoms with Crippen molar-refractivity contribution in [3.63, 3.8) is 0 Å². The van der Waals surface area contributed by atoms with E-state index in [0.717, 1.165) is 44.7 Å². The summed E-state index contributed by atoms with van der Waals surface area (Å²) in [5, 5.41) is 3.44. The maximum absolute atomic E-state index is 5.94. The maximum atomic E-state index is 5.94. The van der Waals surface area contributed by atoms with Crippen LogP contribution in [0.5, 0.6) is 5.75 Å². The van der Waals surface area contributed by atoms with Crippen molar-refractivity contribution in [3.05, 3.63) is 29.3 Å². The molecule has 0 aliphatic carbocycles. The molecule has 0 saturated carbocycles. The molecule has 3 nitrogen and oxygen atoms in total. The highest BCUT2D eigenvalue weighted by molar-refractivity contribution is 5.36. The van der Waals surface area contributed by atoms with Gasteiger partial charge in [0.15, 0.2) is 0 Å². The lowest BCUT2D eigenvalue weighted by atomic mass is 10.1. The van der Waals surface area contributed by atoms with E-state index in [2.05, 4.69) is 37.4 Å². The quantitative estimate of drug-likeness (QED) is 0.767. The van der Waals surface area contributed by atoms with Gasteiger partial charge in [-0.05, 0) is 38.8 Å². The van der Waals surface area contributed by atoms with Crippen LogP contribution in [0.1, 0.15) is 37.3 Å². The number of hydrogen-bond acceptors (Lipinski definition) is 3. The average molecular weight is 263 g/mol. The van der Waals surface area contributed by atoms with Crippen molar-refractivity contribution in [3.8, 4) is 5.75 Å². The lowest BCUT2D eigenvalue weighted by Gasteiger charge is -2.15. The van der Waals surface area contributed by atoms with Crippen molar-refractivity contribution in [1.82, 2.24) is 5.32 Å². The number of nitrogens with one attached hydrogen (secondary N) is 1. The summed E-state index contributed by atoms with van der Waals surface area (Å²) in [5.74, 6) is 0.990. The zero-order valence-electron chi connectivity index (χ0n) is 12.1. The first-order valence-electron chi connectivity index (χ1n) is 7.34. The Bertz CT molecular complexity index is 386. The number of benzene rings is 1. The standard InChI is InChI=1S/C16H25NO2/c1-3-8-17-11-14-10-13(2)6-7-16(14)19-12-15-5-4-9-18-15/h6-7,10,15,17H,3-5,8-9,11-12H2,1-2H3. The Morgan fingerprint density at radius 3 is 3.05 bits per heavy atom. The Labute approximate surface area is 116 Å². The summed E-state index contributed by atoms with van der Waals surface area (Å²) >= 11 is 0. The van der Waals surface area contributed by atoms with E-state index >= 15 is 0 Å². The van der Waals surface area contributed by atoms with Gasteiger partial charge in [-0.2, -0.15) is 0 Å². The predicted octanol–water partition coefficient (Wildman–Crippen LogP) is 3.05. The molecule has 0 bridgehead atoms. The summed E-state index contributed by atoms with van der Waals surface area (Å²) in [5.41, 5.74) is 2.52. The highest BCUT2D eigenvalue weighted by Crippen LogP contribution is 2.22. The highest BCUT2D eigenvalue weighted by Gasteiger charge is 2.16. The van der Waals surface area contributed by atoms with Crippen LogP contribution in [-0.4, -0.2) is 25.9 Å². The van der Waals surface area contributed by atoms with Crippen LogP contribution in [0.4, 0.5) is 0 Å². The molecule has 1 atom stereocenters. The number of rotatable bonds is 7. The second-order valence-electron chi connectivity index (χ2n) is 5.23. The van der Waals surface area contributed by atoms with Crippen LogP contribution in [-0.2, 0) is 11.3 Å². The summed E-state index contributed by atoms with van der Waals surface area (Å²) in [6.45, 7) is 7.76. The normalized spacial score (nSPS) is 18.7. The Morgan fingerprint density at radius 2 is 2.32 bits per heavy atom. The Balaban J connectivity index is 1.92. The first-order valence-corrected chi connectivity index (χ1v) is 7.34. The van der Waals surface area contributed by atoms with E-state index in [0.29, 0.717) is 6.61 Å². The van der Waals surface area contributed by atoms with Gasteiger partial charge in [-0.3, -0.25) is 0 Å². The van der Waals surface area contributed by atoms with Gasteiger partial charge in [-0.25, -0.2) is 0 Å². The molecule has 1 aromatic carbocycles. The van der Waals surface area contributed by atoms with E-state index in [-0.39, 0.29) is 6.10 Å². The molecule has 0 amide bonds. The van der Waals surface area contributed by atoms with Gasteiger partial charge in [0.25, 0.3) is 0 Å².